The summed E-state index contributed by atoms with van der Waals surface area (Å²) in [6, 6.07) is 6.55. The molecule has 2 heterocycles. The molecule has 4 nitrogen and oxygen atoms in total. The number of carbonyl (C=O) groups is 1. The SMILES string of the molecule is O=C(Nc1c[nH]c2cc(F)c(F)cc12)c1csc(-c2cccc(C(F)(F)F)c2)n1. The molecule has 0 aliphatic carbocycles. The van der Waals surface area contributed by atoms with Gasteiger partial charge in [0.05, 0.1) is 16.8 Å². The van der Waals surface area contributed by atoms with Crippen LogP contribution in [0.25, 0.3) is 21.5 Å². The van der Waals surface area contributed by atoms with Crippen LogP contribution in [-0.2, 0) is 6.18 Å². The zero-order chi connectivity index (χ0) is 20.8. The lowest BCUT2D eigenvalue weighted by molar-refractivity contribution is -0.137. The number of amides is 1. The summed E-state index contributed by atoms with van der Waals surface area (Å²) in [4.78, 5) is 19.3. The highest BCUT2D eigenvalue weighted by Crippen LogP contribution is 2.33. The Morgan fingerprint density at radius 2 is 1.86 bits per heavy atom. The zero-order valence-electron chi connectivity index (χ0n) is 14.3. The van der Waals surface area contributed by atoms with Crippen LogP contribution < -0.4 is 5.32 Å². The molecule has 2 aromatic heterocycles. The highest BCUT2D eigenvalue weighted by Gasteiger charge is 2.30. The number of hydrogen-bond acceptors (Lipinski definition) is 3. The Hall–Kier alpha value is -3.27. The molecule has 1 amide bonds. The molecule has 10 heteroatoms. The first kappa shape index (κ1) is 19.1. The first-order chi connectivity index (χ1) is 13.7. The molecule has 0 unspecified atom stereocenters. The summed E-state index contributed by atoms with van der Waals surface area (Å²) in [7, 11) is 0. The third-order valence-electron chi connectivity index (χ3n) is 4.14. The number of H-pyrrole nitrogens is 1. The first-order valence-electron chi connectivity index (χ1n) is 8.13. The number of carbonyl (C=O) groups excluding carboxylic acids is 1. The van der Waals surface area contributed by atoms with E-state index in [0.29, 0.717) is 5.52 Å². The Morgan fingerprint density at radius 3 is 2.62 bits per heavy atom. The topological polar surface area (TPSA) is 57.8 Å². The molecular formula is C19H10F5N3OS. The molecule has 4 rings (SSSR count). The van der Waals surface area contributed by atoms with Gasteiger partial charge in [0.1, 0.15) is 10.7 Å². The Morgan fingerprint density at radius 1 is 1.10 bits per heavy atom. The van der Waals surface area contributed by atoms with Crippen LogP contribution in [-0.4, -0.2) is 15.9 Å². The molecular weight excluding hydrogens is 413 g/mol. The molecule has 0 spiro atoms. The maximum absolute atomic E-state index is 13.5. The number of thiazole rings is 1. The van der Waals surface area contributed by atoms with Crippen molar-refractivity contribution in [3.8, 4) is 10.6 Å². The van der Waals surface area contributed by atoms with Gasteiger partial charge in [0.25, 0.3) is 5.91 Å². The minimum Gasteiger partial charge on any atom is -0.359 e. The molecule has 0 fully saturated rings. The number of nitrogens with zero attached hydrogens (tertiary/aromatic N) is 1. The largest absolute Gasteiger partial charge is 0.416 e. The van der Waals surface area contributed by atoms with Gasteiger partial charge in [0.2, 0.25) is 0 Å². The van der Waals surface area contributed by atoms with E-state index in [1.807, 2.05) is 0 Å². The van der Waals surface area contributed by atoms with Crippen molar-refractivity contribution < 1.29 is 26.7 Å². The molecule has 2 N–H and O–H groups in total. The molecule has 0 aliphatic heterocycles. The predicted octanol–water partition coefficient (Wildman–Crippen LogP) is 5.84. The van der Waals surface area contributed by atoms with Crippen LogP contribution in [0, 0.1) is 11.6 Å². The number of aromatic amines is 1. The fourth-order valence-corrected chi connectivity index (χ4v) is 3.54. The second kappa shape index (κ2) is 6.96. The lowest BCUT2D eigenvalue weighted by Gasteiger charge is -2.07. The summed E-state index contributed by atoms with van der Waals surface area (Å²) in [5, 5.41) is 4.45. The minimum atomic E-state index is -4.49. The smallest absolute Gasteiger partial charge is 0.359 e. The van der Waals surface area contributed by atoms with E-state index in [1.54, 1.807) is 0 Å². The van der Waals surface area contributed by atoms with E-state index in [0.717, 1.165) is 35.6 Å². The number of rotatable bonds is 3. The van der Waals surface area contributed by atoms with Crippen molar-refractivity contribution in [1.29, 1.82) is 0 Å². The molecule has 0 saturated carbocycles. The van der Waals surface area contributed by atoms with Crippen LogP contribution in [0.15, 0.2) is 48.0 Å². The zero-order valence-corrected chi connectivity index (χ0v) is 15.1. The van der Waals surface area contributed by atoms with Crippen molar-refractivity contribution in [2.75, 3.05) is 5.32 Å². The highest BCUT2D eigenvalue weighted by molar-refractivity contribution is 7.13. The van der Waals surface area contributed by atoms with Gasteiger partial charge in [-0.15, -0.1) is 11.3 Å². The number of benzene rings is 2. The standard InChI is InChI=1S/C19H10F5N3OS/c20-12-5-11-14(6-13(12)21)25-7-15(11)26-17(28)16-8-29-18(27-16)9-2-1-3-10(4-9)19(22,23)24/h1-8,25H,(H,26,28). The molecule has 0 saturated heterocycles. The van der Waals surface area contributed by atoms with Gasteiger partial charge in [-0.3, -0.25) is 4.79 Å². The number of fused-ring (bicyclic) bond motifs is 1. The molecule has 0 radical (unpaired) electrons. The minimum absolute atomic E-state index is 0.0145. The third-order valence-corrected chi connectivity index (χ3v) is 5.04. The molecule has 0 atom stereocenters. The van der Waals surface area contributed by atoms with Gasteiger partial charge in [-0.25, -0.2) is 13.8 Å². The van der Waals surface area contributed by atoms with Gasteiger partial charge in [-0.2, -0.15) is 13.2 Å². The normalized spacial score (nSPS) is 11.8. The van der Waals surface area contributed by atoms with Crippen LogP contribution in [0.4, 0.5) is 27.6 Å². The van der Waals surface area contributed by atoms with Crippen LogP contribution in [0.3, 0.4) is 0 Å². The lowest BCUT2D eigenvalue weighted by Crippen LogP contribution is -2.12. The van der Waals surface area contributed by atoms with Crippen LogP contribution in [0.5, 0.6) is 0 Å². The fourth-order valence-electron chi connectivity index (χ4n) is 2.75. The molecule has 0 aliphatic rings. The summed E-state index contributed by atoms with van der Waals surface area (Å²) in [5.74, 6) is -2.72. The van der Waals surface area contributed by atoms with Crippen molar-refractivity contribution in [2.45, 2.75) is 6.18 Å². The molecule has 29 heavy (non-hydrogen) atoms. The van der Waals surface area contributed by atoms with E-state index in [2.05, 4.69) is 15.3 Å². The summed E-state index contributed by atoms with van der Waals surface area (Å²) in [6.07, 6.45) is -3.11. The lowest BCUT2D eigenvalue weighted by atomic mass is 10.1. The van der Waals surface area contributed by atoms with E-state index in [-0.39, 0.29) is 27.3 Å². The monoisotopic (exact) mass is 423 g/mol. The molecule has 0 bridgehead atoms. The van der Waals surface area contributed by atoms with E-state index < -0.39 is 29.3 Å². The van der Waals surface area contributed by atoms with Gasteiger partial charge in [-0.1, -0.05) is 12.1 Å². The molecule has 4 aromatic rings. The van der Waals surface area contributed by atoms with Gasteiger partial charge in [-0.05, 0) is 18.2 Å². The van der Waals surface area contributed by atoms with Crippen molar-refractivity contribution in [2.24, 2.45) is 0 Å². The quantitative estimate of drug-likeness (QED) is 0.407. The first-order valence-corrected chi connectivity index (χ1v) is 9.01. The second-order valence-corrected chi connectivity index (χ2v) is 6.94. The Bertz CT molecular complexity index is 1230. The van der Waals surface area contributed by atoms with E-state index in [4.69, 9.17) is 0 Å². The summed E-state index contributed by atoms with van der Waals surface area (Å²) < 4.78 is 65.4. The van der Waals surface area contributed by atoms with Crippen molar-refractivity contribution in [3.05, 3.63) is 70.9 Å². The number of halogens is 5. The van der Waals surface area contributed by atoms with Crippen LogP contribution >= 0.6 is 11.3 Å². The van der Waals surface area contributed by atoms with Gasteiger partial charge < -0.3 is 10.3 Å². The van der Waals surface area contributed by atoms with Gasteiger partial charge in [0, 0.05) is 28.6 Å². The number of anilines is 1. The van der Waals surface area contributed by atoms with Crippen LogP contribution in [0.1, 0.15) is 16.1 Å². The number of nitrogens with one attached hydrogen (secondary N) is 2. The molecule has 2 aromatic carbocycles. The maximum atomic E-state index is 13.5. The molecule has 148 valence electrons. The maximum Gasteiger partial charge on any atom is 0.416 e. The van der Waals surface area contributed by atoms with Crippen molar-refractivity contribution >= 4 is 33.8 Å². The van der Waals surface area contributed by atoms with E-state index in [1.165, 1.54) is 23.7 Å². The third kappa shape index (κ3) is 3.70. The average Bonchev–Trinajstić information content (AvgIpc) is 3.30. The second-order valence-electron chi connectivity index (χ2n) is 6.08. The Balaban J connectivity index is 1.59. The van der Waals surface area contributed by atoms with Gasteiger partial charge in [0.15, 0.2) is 11.6 Å². The summed E-state index contributed by atoms with van der Waals surface area (Å²) in [6.45, 7) is 0. The summed E-state index contributed by atoms with van der Waals surface area (Å²) >= 11 is 1.01. The van der Waals surface area contributed by atoms with E-state index >= 15 is 0 Å². The highest BCUT2D eigenvalue weighted by atomic mass is 32.1. The number of aromatic nitrogens is 2. The Labute approximate surface area is 164 Å². The van der Waals surface area contributed by atoms with Crippen molar-refractivity contribution in [1.82, 2.24) is 9.97 Å². The average molecular weight is 423 g/mol. The fraction of sp³-hybridized carbons (Fsp3) is 0.0526. The number of hydrogen-bond donors (Lipinski definition) is 2. The van der Waals surface area contributed by atoms with Crippen molar-refractivity contribution in [3.63, 3.8) is 0 Å². The number of alkyl halides is 3. The predicted molar refractivity (Wildman–Crippen MR) is 98.7 cm³/mol. The Kier molecular flexibility index (Phi) is 4.58. The van der Waals surface area contributed by atoms with Gasteiger partial charge >= 0.3 is 6.18 Å². The van der Waals surface area contributed by atoms with Crippen LogP contribution in [0.2, 0.25) is 0 Å². The summed E-state index contributed by atoms with van der Waals surface area (Å²) in [5.41, 5.74) is -0.0863. The van der Waals surface area contributed by atoms with E-state index in [9.17, 15) is 26.7 Å².